The topological polar surface area (TPSA) is 118 Å². The lowest BCUT2D eigenvalue weighted by Gasteiger charge is -2.22. The molecule has 3 rings (SSSR count). The number of nitrogens with one attached hydrogen (secondary N) is 3. The number of oxazole rings is 1. The number of alkyl carbamates (subject to hydrolysis) is 1. The molecule has 1 fully saturated rings. The number of hydrogen-bond donors (Lipinski definition) is 3. The van der Waals surface area contributed by atoms with E-state index < -0.39 is 0 Å². The number of ether oxygens (including phenoxy) is 1. The lowest BCUT2D eigenvalue weighted by atomic mass is 9.96. The van der Waals surface area contributed by atoms with Crippen molar-refractivity contribution in [3.05, 3.63) is 17.8 Å². The van der Waals surface area contributed by atoms with Crippen molar-refractivity contribution in [1.82, 2.24) is 21.0 Å². The highest BCUT2D eigenvalue weighted by molar-refractivity contribution is 5.99. The van der Waals surface area contributed by atoms with Crippen LogP contribution in [0.1, 0.15) is 58.0 Å². The second kappa shape index (κ2) is 8.20. The van der Waals surface area contributed by atoms with Crippen LogP contribution in [0.15, 0.2) is 15.8 Å². The Morgan fingerprint density at radius 2 is 2.14 bits per heavy atom. The van der Waals surface area contributed by atoms with Gasteiger partial charge in [-0.2, -0.15) is 5.10 Å². The normalized spacial score (nSPS) is 24.4. The number of amides is 2. The monoisotopic (exact) mass is 391 g/mol. The molecule has 0 saturated heterocycles. The SMILES string of the molecule is Cc1coc(CC(=O)NC2=NNC([C@H]3CC[C@@H](OC(=O)NC(C)(C)C)C3)C2)n1. The average Bonchev–Trinajstić information content (AvgIpc) is 3.27. The number of aryl methyl sites for hydroxylation is 1. The first kappa shape index (κ1) is 20.2. The third-order valence-electron chi connectivity index (χ3n) is 4.79. The van der Waals surface area contributed by atoms with Crippen LogP contribution >= 0.6 is 0 Å². The molecule has 28 heavy (non-hydrogen) atoms. The minimum Gasteiger partial charge on any atom is -0.448 e. The maximum Gasteiger partial charge on any atom is 0.407 e. The summed E-state index contributed by atoms with van der Waals surface area (Å²) in [6.07, 6.45) is 4.38. The molecule has 2 aliphatic rings. The first-order valence-electron chi connectivity index (χ1n) is 9.69. The van der Waals surface area contributed by atoms with E-state index in [1.807, 2.05) is 27.7 Å². The van der Waals surface area contributed by atoms with Crippen molar-refractivity contribution in [2.75, 3.05) is 0 Å². The summed E-state index contributed by atoms with van der Waals surface area (Å²) in [5, 5.41) is 9.88. The molecule has 2 amide bonds. The van der Waals surface area contributed by atoms with Crippen LogP contribution in [0.4, 0.5) is 4.79 Å². The van der Waals surface area contributed by atoms with Gasteiger partial charge in [-0.25, -0.2) is 9.78 Å². The summed E-state index contributed by atoms with van der Waals surface area (Å²) in [6.45, 7) is 7.57. The smallest absolute Gasteiger partial charge is 0.407 e. The van der Waals surface area contributed by atoms with Gasteiger partial charge in [-0.3, -0.25) is 4.79 Å². The van der Waals surface area contributed by atoms with Crippen LogP contribution in [0.5, 0.6) is 0 Å². The molecular weight excluding hydrogens is 362 g/mol. The quantitative estimate of drug-likeness (QED) is 0.723. The second-order valence-corrected chi connectivity index (χ2v) is 8.58. The van der Waals surface area contributed by atoms with E-state index >= 15 is 0 Å². The molecule has 1 saturated carbocycles. The highest BCUT2D eigenvalue weighted by atomic mass is 16.6. The number of carbonyl (C=O) groups excluding carboxylic acids is 2. The fourth-order valence-electron chi connectivity index (χ4n) is 3.57. The number of rotatable bonds is 4. The maximum atomic E-state index is 12.1. The van der Waals surface area contributed by atoms with E-state index in [1.54, 1.807) is 0 Å². The van der Waals surface area contributed by atoms with E-state index in [9.17, 15) is 9.59 Å². The van der Waals surface area contributed by atoms with Gasteiger partial charge in [0.25, 0.3) is 0 Å². The minimum absolute atomic E-state index is 0.0824. The van der Waals surface area contributed by atoms with Gasteiger partial charge in [-0.1, -0.05) is 0 Å². The highest BCUT2D eigenvalue weighted by Gasteiger charge is 2.36. The Bertz CT molecular complexity index is 752. The summed E-state index contributed by atoms with van der Waals surface area (Å²) in [5.74, 6) is 1.16. The van der Waals surface area contributed by atoms with Gasteiger partial charge in [-0.15, -0.1) is 0 Å². The zero-order chi connectivity index (χ0) is 20.3. The van der Waals surface area contributed by atoms with Gasteiger partial charge < -0.3 is 25.2 Å². The number of aromatic nitrogens is 1. The molecule has 1 aliphatic heterocycles. The largest absolute Gasteiger partial charge is 0.448 e. The molecule has 1 aromatic heterocycles. The van der Waals surface area contributed by atoms with Crippen LogP contribution in [-0.4, -0.2) is 40.5 Å². The summed E-state index contributed by atoms with van der Waals surface area (Å²) in [4.78, 5) is 28.2. The zero-order valence-corrected chi connectivity index (χ0v) is 16.9. The molecule has 0 bridgehead atoms. The van der Waals surface area contributed by atoms with Gasteiger partial charge in [0.15, 0.2) is 0 Å². The molecule has 2 heterocycles. The molecule has 3 N–H and O–H groups in total. The Kier molecular flexibility index (Phi) is 5.90. The standard InChI is InChI=1S/C19H29N5O4/c1-11-10-27-17(20-11)9-16(25)21-15-8-14(23-24-15)12-5-6-13(7-12)28-18(26)22-19(2,3)4/h10,12-14,23H,5-9H2,1-4H3,(H,22,26)(H,21,24,25)/t12-,13+,14?/m0/s1. The van der Waals surface area contributed by atoms with Crippen molar-refractivity contribution in [2.24, 2.45) is 11.0 Å². The fourth-order valence-corrected chi connectivity index (χ4v) is 3.57. The van der Waals surface area contributed by atoms with E-state index in [2.05, 4.69) is 26.1 Å². The predicted molar refractivity (Wildman–Crippen MR) is 103 cm³/mol. The van der Waals surface area contributed by atoms with Gasteiger partial charge in [-0.05, 0) is 52.9 Å². The van der Waals surface area contributed by atoms with Crippen LogP contribution in [0.2, 0.25) is 0 Å². The van der Waals surface area contributed by atoms with Gasteiger partial charge in [0.2, 0.25) is 11.8 Å². The van der Waals surface area contributed by atoms with Crippen LogP contribution < -0.4 is 16.1 Å². The Labute approximate surface area is 164 Å². The molecule has 0 spiro atoms. The number of carbonyl (C=O) groups is 2. The third kappa shape index (κ3) is 5.71. The van der Waals surface area contributed by atoms with Crippen molar-refractivity contribution in [2.45, 2.75) is 77.5 Å². The van der Waals surface area contributed by atoms with Crippen LogP contribution in [-0.2, 0) is 16.0 Å². The molecule has 1 unspecified atom stereocenters. The summed E-state index contributed by atoms with van der Waals surface area (Å²) in [6, 6.07) is 0.138. The predicted octanol–water partition coefficient (Wildman–Crippen LogP) is 2.01. The van der Waals surface area contributed by atoms with E-state index in [4.69, 9.17) is 9.15 Å². The third-order valence-corrected chi connectivity index (χ3v) is 4.79. The maximum absolute atomic E-state index is 12.1. The van der Waals surface area contributed by atoms with Gasteiger partial charge in [0, 0.05) is 12.0 Å². The molecule has 0 radical (unpaired) electrons. The lowest BCUT2D eigenvalue weighted by Crippen LogP contribution is -2.42. The number of nitrogens with zero attached hydrogens (tertiary/aromatic N) is 2. The molecular formula is C19H29N5O4. The average molecular weight is 391 g/mol. The fraction of sp³-hybridized carbons (Fsp3) is 0.684. The summed E-state index contributed by atoms with van der Waals surface area (Å²) >= 11 is 0. The first-order valence-corrected chi connectivity index (χ1v) is 9.69. The zero-order valence-electron chi connectivity index (χ0n) is 16.9. The molecule has 0 aromatic carbocycles. The summed E-state index contributed by atoms with van der Waals surface area (Å²) in [5.41, 5.74) is 3.55. The second-order valence-electron chi connectivity index (χ2n) is 8.58. The number of hydrogen-bond acceptors (Lipinski definition) is 7. The lowest BCUT2D eigenvalue weighted by molar-refractivity contribution is -0.119. The van der Waals surface area contributed by atoms with Gasteiger partial charge >= 0.3 is 6.09 Å². The van der Waals surface area contributed by atoms with E-state index in [0.29, 0.717) is 24.1 Å². The van der Waals surface area contributed by atoms with Gasteiger partial charge in [0.1, 0.15) is 24.6 Å². The van der Waals surface area contributed by atoms with Crippen molar-refractivity contribution in [3.63, 3.8) is 0 Å². The summed E-state index contributed by atoms with van der Waals surface area (Å²) in [7, 11) is 0. The van der Waals surface area contributed by atoms with E-state index in [1.165, 1.54) is 6.26 Å². The van der Waals surface area contributed by atoms with Crippen LogP contribution in [0.3, 0.4) is 0 Å². The molecule has 9 nitrogen and oxygen atoms in total. The van der Waals surface area contributed by atoms with Crippen molar-refractivity contribution in [3.8, 4) is 0 Å². The van der Waals surface area contributed by atoms with Gasteiger partial charge in [0.05, 0.1) is 11.7 Å². The Balaban J connectivity index is 1.40. The molecule has 1 aliphatic carbocycles. The molecule has 3 atom stereocenters. The van der Waals surface area contributed by atoms with E-state index in [0.717, 1.165) is 25.0 Å². The molecule has 154 valence electrons. The minimum atomic E-state index is -0.372. The molecule has 9 heteroatoms. The van der Waals surface area contributed by atoms with Crippen molar-refractivity contribution < 1.29 is 18.7 Å². The van der Waals surface area contributed by atoms with Crippen LogP contribution in [0.25, 0.3) is 0 Å². The Hall–Kier alpha value is -2.58. The first-order chi connectivity index (χ1) is 13.2. The number of hydrazone groups is 1. The van der Waals surface area contributed by atoms with Crippen molar-refractivity contribution in [1.29, 1.82) is 0 Å². The molecule has 1 aromatic rings. The Morgan fingerprint density at radius 1 is 1.36 bits per heavy atom. The number of amidine groups is 1. The van der Waals surface area contributed by atoms with Crippen molar-refractivity contribution >= 4 is 17.8 Å². The summed E-state index contributed by atoms with van der Waals surface area (Å²) < 4.78 is 10.7. The highest BCUT2D eigenvalue weighted by Crippen LogP contribution is 2.32. The van der Waals surface area contributed by atoms with E-state index in [-0.39, 0.29) is 36.1 Å². The Morgan fingerprint density at radius 3 is 2.82 bits per heavy atom. The van der Waals surface area contributed by atoms with Crippen LogP contribution in [0, 0.1) is 12.8 Å².